The van der Waals surface area contributed by atoms with Crippen molar-refractivity contribution in [2.45, 2.75) is 12.6 Å². The van der Waals surface area contributed by atoms with E-state index in [1.165, 1.54) is 34.6 Å². The molecule has 3 aromatic rings. The average molecular weight is 445 g/mol. The van der Waals surface area contributed by atoms with Gasteiger partial charge in [-0.05, 0) is 29.2 Å². The van der Waals surface area contributed by atoms with Crippen LogP contribution in [-0.4, -0.2) is 32.8 Å². The lowest BCUT2D eigenvalue weighted by molar-refractivity contribution is -0.126. The summed E-state index contributed by atoms with van der Waals surface area (Å²) >= 11 is 7.25. The zero-order valence-corrected chi connectivity index (χ0v) is 17.4. The fourth-order valence-electron chi connectivity index (χ4n) is 2.93. The number of carbonyl (C=O) groups is 2. The van der Waals surface area contributed by atoms with Crippen LogP contribution in [0, 0.1) is 5.82 Å². The van der Waals surface area contributed by atoms with Gasteiger partial charge in [-0.1, -0.05) is 58.6 Å². The first-order chi connectivity index (χ1) is 14.5. The quantitative estimate of drug-likeness (QED) is 0.532. The van der Waals surface area contributed by atoms with Crippen molar-refractivity contribution in [1.82, 2.24) is 19.8 Å². The molecule has 2 amide bonds. The predicted octanol–water partition coefficient (Wildman–Crippen LogP) is 4.02. The summed E-state index contributed by atoms with van der Waals surface area (Å²) in [6, 6.07) is 12.0. The Hall–Kier alpha value is -3.10. The standard InChI is InChI=1S/C21H18ClFN4O2S/c1-2-11-27(21(29)17-13-30-26-25-17)19(18-15(22)9-6-10-16(18)23)20(28)24-12-14-7-4-3-5-8-14/h2-10,13,19H,1,11-12H2,(H,24,28)/t19-/m1/s1. The normalized spacial score (nSPS) is 11.5. The molecule has 154 valence electrons. The molecular weight excluding hydrogens is 427 g/mol. The van der Waals surface area contributed by atoms with Gasteiger partial charge < -0.3 is 10.2 Å². The number of carbonyl (C=O) groups excluding carboxylic acids is 2. The molecule has 9 heteroatoms. The Morgan fingerprint density at radius 3 is 2.63 bits per heavy atom. The summed E-state index contributed by atoms with van der Waals surface area (Å²) < 4.78 is 18.5. The maximum Gasteiger partial charge on any atom is 0.276 e. The van der Waals surface area contributed by atoms with Crippen LogP contribution in [0.3, 0.4) is 0 Å². The minimum atomic E-state index is -1.32. The molecule has 1 heterocycles. The largest absolute Gasteiger partial charge is 0.350 e. The van der Waals surface area contributed by atoms with Crippen LogP contribution in [0.25, 0.3) is 0 Å². The fraction of sp³-hybridized carbons (Fsp3) is 0.143. The molecule has 0 radical (unpaired) electrons. The highest BCUT2D eigenvalue weighted by molar-refractivity contribution is 7.03. The Morgan fingerprint density at radius 1 is 1.23 bits per heavy atom. The van der Waals surface area contributed by atoms with E-state index in [0.29, 0.717) is 0 Å². The summed E-state index contributed by atoms with van der Waals surface area (Å²) in [5.74, 6) is -1.85. The van der Waals surface area contributed by atoms with E-state index in [1.807, 2.05) is 30.3 Å². The maximum atomic E-state index is 14.8. The number of nitrogens with one attached hydrogen (secondary N) is 1. The van der Waals surface area contributed by atoms with Crippen molar-refractivity contribution < 1.29 is 14.0 Å². The summed E-state index contributed by atoms with van der Waals surface area (Å²) in [6.45, 7) is 3.83. The van der Waals surface area contributed by atoms with Crippen LogP contribution in [0.5, 0.6) is 0 Å². The zero-order valence-electron chi connectivity index (χ0n) is 15.8. The van der Waals surface area contributed by atoms with Gasteiger partial charge in [0, 0.05) is 29.1 Å². The van der Waals surface area contributed by atoms with E-state index in [-0.39, 0.29) is 29.4 Å². The lowest BCUT2D eigenvalue weighted by atomic mass is 10.0. The Labute approximate surface area is 182 Å². The van der Waals surface area contributed by atoms with E-state index in [0.717, 1.165) is 17.1 Å². The van der Waals surface area contributed by atoms with Crippen molar-refractivity contribution in [3.05, 3.63) is 94.2 Å². The molecule has 0 spiro atoms. The monoisotopic (exact) mass is 444 g/mol. The van der Waals surface area contributed by atoms with Crippen molar-refractivity contribution in [3.63, 3.8) is 0 Å². The van der Waals surface area contributed by atoms with Crippen LogP contribution >= 0.6 is 23.1 Å². The van der Waals surface area contributed by atoms with E-state index in [9.17, 15) is 14.0 Å². The molecular formula is C21H18ClFN4O2S. The van der Waals surface area contributed by atoms with Gasteiger partial charge in [-0.3, -0.25) is 9.59 Å². The number of aromatic nitrogens is 2. The van der Waals surface area contributed by atoms with Crippen LogP contribution in [0.1, 0.15) is 27.7 Å². The molecule has 0 fully saturated rings. The Morgan fingerprint density at radius 2 is 2.00 bits per heavy atom. The van der Waals surface area contributed by atoms with Crippen LogP contribution < -0.4 is 5.32 Å². The van der Waals surface area contributed by atoms with Crippen molar-refractivity contribution >= 4 is 34.9 Å². The summed E-state index contributed by atoms with van der Waals surface area (Å²) in [7, 11) is 0. The smallest absolute Gasteiger partial charge is 0.276 e. The minimum Gasteiger partial charge on any atom is -0.350 e. The predicted molar refractivity (Wildman–Crippen MR) is 114 cm³/mol. The summed E-state index contributed by atoms with van der Waals surface area (Å²) in [5, 5.41) is 8.04. The molecule has 0 bridgehead atoms. The highest BCUT2D eigenvalue weighted by atomic mass is 35.5. The maximum absolute atomic E-state index is 14.8. The minimum absolute atomic E-state index is 0.0234. The molecule has 1 atom stereocenters. The third-order valence-corrected chi connectivity index (χ3v) is 5.14. The Kier molecular flexibility index (Phi) is 7.26. The van der Waals surface area contributed by atoms with Gasteiger partial charge in [0.2, 0.25) is 5.91 Å². The van der Waals surface area contributed by atoms with Crippen molar-refractivity contribution in [1.29, 1.82) is 0 Å². The SMILES string of the molecule is C=CCN(C(=O)c1csnn1)[C@@H](C(=O)NCc1ccccc1)c1c(F)cccc1Cl. The van der Waals surface area contributed by atoms with Gasteiger partial charge >= 0.3 is 0 Å². The third kappa shape index (κ3) is 4.90. The summed E-state index contributed by atoms with van der Waals surface area (Å²) in [5.41, 5.74) is 0.813. The molecule has 3 rings (SSSR count). The number of benzene rings is 2. The highest BCUT2D eigenvalue weighted by Crippen LogP contribution is 2.31. The van der Waals surface area contributed by atoms with Gasteiger partial charge in [0.1, 0.15) is 11.9 Å². The van der Waals surface area contributed by atoms with E-state index in [1.54, 1.807) is 0 Å². The molecule has 0 aliphatic rings. The fourth-order valence-corrected chi connectivity index (χ4v) is 3.63. The first-order valence-corrected chi connectivity index (χ1v) is 10.2. The summed E-state index contributed by atoms with van der Waals surface area (Å²) in [6.07, 6.45) is 1.45. The van der Waals surface area contributed by atoms with Crippen molar-refractivity contribution in [3.8, 4) is 0 Å². The molecule has 0 saturated heterocycles. The topological polar surface area (TPSA) is 75.2 Å². The Bertz CT molecular complexity index is 1010. The highest BCUT2D eigenvalue weighted by Gasteiger charge is 2.35. The molecule has 6 nitrogen and oxygen atoms in total. The molecule has 1 aromatic heterocycles. The number of halogens is 2. The lowest BCUT2D eigenvalue weighted by Gasteiger charge is -2.30. The van der Waals surface area contributed by atoms with Gasteiger partial charge in [0.05, 0.1) is 0 Å². The average Bonchev–Trinajstić information content (AvgIpc) is 3.29. The first kappa shape index (κ1) is 21.6. The van der Waals surface area contributed by atoms with Gasteiger partial charge in [-0.25, -0.2) is 4.39 Å². The summed E-state index contributed by atoms with van der Waals surface area (Å²) in [4.78, 5) is 27.4. The van der Waals surface area contributed by atoms with Gasteiger partial charge in [0.15, 0.2) is 5.69 Å². The number of rotatable bonds is 8. The molecule has 1 N–H and O–H groups in total. The Balaban J connectivity index is 2.00. The second-order valence-corrected chi connectivity index (χ2v) is 7.29. The van der Waals surface area contributed by atoms with Crippen LogP contribution in [0.15, 0.2) is 66.6 Å². The van der Waals surface area contributed by atoms with Crippen LogP contribution in [0.2, 0.25) is 5.02 Å². The molecule has 0 aliphatic carbocycles. The van der Waals surface area contributed by atoms with E-state index in [2.05, 4.69) is 21.5 Å². The van der Waals surface area contributed by atoms with Crippen LogP contribution in [-0.2, 0) is 11.3 Å². The third-order valence-electron chi connectivity index (χ3n) is 4.31. The number of amides is 2. The lowest BCUT2D eigenvalue weighted by Crippen LogP contribution is -2.44. The second kappa shape index (κ2) is 10.1. The molecule has 0 saturated carbocycles. The van der Waals surface area contributed by atoms with Gasteiger partial charge in [0.25, 0.3) is 5.91 Å². The molecule has 0 unspecified atom stereocenters. The van der Waals surface area contributed by atoms with Gasteiger partial charge in [-0.2, -0.15) is 0 Å². The number of hydrogen-bond acceptors (Lipinski definition) is 5. The van der Waals surface area contributed by atoms with E-state index >= 15 is 0 Å². The second-order valence-electron chi connectivity index (χ2n) is 6.28. The number of hydrogen-bond donors (Lipinski definition) is 1. The van der Waals surface area contributed by atoms with E-state index in [4.69, 9.17) is 11.6 Å². The van der Waals surface area contributed by atoms with Gasteiger partial charge in [-0.15, -0.1) is 11.7 Å². The number of nitrogens with zero attached hydrogens (tertiary/aromatic N) is 3. The first-order valence-electron chi connectivity index (χ1n) is 8.97. The van der Waals surface area contributed by atoms with Crippen molar-refractivity contribution in [2.24, 2.45) is 0 Å². The van der Waals surface area contributed by atoms with Crippen LogP contribution in [0.4, 0.5) is 4.39 Å². The molecule has 0 aliphatic heterocycles. The molecule has 2 aromatic carbocycles. The van der Waals surface area contributed by atoms with E-state index < -0.39 is 23.7 Å². The molecule has 30 heavy (non-hydrogen) atoms. The zero-order chi connectivity index (χ0) is 21.5. The van der Waals surface area contributed by atoms with Crippen molar-refractivity contribution in [2.75, 3.05) is 6.54 Å².